The summed E-state index contributed by atoms with van der Waals surface area (Å²) in [6.45, 7) is 4.25. The van der Waals surface area contributed by atoms with Crippen LogP contribution in [0.3, 0.4) is 0 Å². The van der Waals surface area contributed by atoms with Crippen molar-refractivity contribution < 1.29 is 37.5 Å². The third kappa shape index (κ3) is 18.2. The Balaban J connectivity index is 0. The Morgan fingerprint density at radius 2 is 1.58 bits per heavy atom. The molecular weight excluding hydrogens is 351 g/mol. The molecular formula is C14H27NaO8S. The second kappa shape index (κ2) is 16.3. The normalized spacial score (nSPS) is 12.2. The van der Waals surface area contributed by atoms with Gasteiger partial charge in [0.2, 0.25) is 0 Å². The first-order chi connectivity index (χ1) is 11.2. The number of carbonyl (C=O) groups is 2. The second-order valence-electron chi connectivity index (χ2n) is 5.32. The second-order valence-corrected chi connectivity index (χ2v) is 7.92. The molecule has 24 heavy (non-hydrogen) atoms. The summed E-state index contributed by atoms with van der Waals surface area (Å²) in [5.41, 5.74) is 0. The summed E-state index contributed by atoms with van der Waals surface area (Å²) in [6, 6.07) is 0. The third-order valence-electron chi connectivity index (χ3n) is 2.99. The molecule has 10 heteroatoms. The van der Waals surface area contributed by atoms with E-state index in [0.717, 1.165) is 13.2 Å². The van der Waals surface area contributed by atoms with Crippen LogP contribution in [0.2, 0.25) is 3.67 Å². The largest absolute Gasteiger partial charge is 0.481 e. The van der Waals surface area contributed by atoms with Crippen molar-refractivity contribution in [2.24, 2.45) is 0 Å². The summed E-state index contributed by atoms with van der Waals surface area (Å²) < 4.78 is 35.4. The molecule has 0 saturated carbocycles. The zero-order valence-corrected chi connectivity index (χ0v) is 17.3. The average molecular weight is 378 g/mol. The molecule has 0 aliphatic rings. The SMILES string of the molecule is CCCCCCCCOC[CH2][Na].O=C(O)CC(C(=O)O)S(=O)(=O)O. The molecule has 0 rings (SSSR count). The molecule has 0 saturated heterocycles. The maximum absolute atomic E-state index is 10.2. The molecule has 1 unspecified atom stereocenters. The van der Waals surface area contributed by atoms with Gasteiger partial charge in [-0.05, 0) is 0 Å². The minimum absolute atomic E-state index is 0.994. The van der Waals surface area contributed by atoms with Gasteiger partial charge in [0.15, 0.2) is 5.25 Å². The van der Waals surface area contributed by atoms with Crippen molar-refractivity contribution in [3.8, 4) is 0 Å². The predicted molar refractivity (Wildman–Crippen MR) is 90.0 cm³/mol. The maximum Gasteiger partial charge on any atom is 0.325 e. The molecule has 3 N–H and O–H groups in total. The monoisotopic (exact) mass is 378 g/mol. The average Bonchev–Trinajstić information content (AvgIpc) is 2.47. The zero-order valence-electron chi connectivity index (χ0n) is 14.4. The number of hydrogen-bond acceptors (Lipinski definition) is 5. The summed E-state index contributed by atoms with van der Waals surface area (Å²) in [5, 5.41) is 13.9. The van der Waals surface area contributed by atoms with Crippen LogP contribution in [0.15, 0.2) is 0 Å². The van der Waals surface area contributed by atoms with Crippen LogP contribution in [0.25, 0.3) is 0 Å². The van der Waals surface area contributed by atoms with Crippen molar-refractivity contribution in [1.29, 1.82) is 0 Å². The molecule has 0 aromatic heterocycles. The first kappa shape index (κ1) is 26.0. The zero-order chi connectivity index (χ0) is 19.0. The molecule has 0 spiro atoms. The van der Waals surface area contributed by atoms with Crippen LogP contribution in [-0.2, 0) is 24.4 Å². The van der Waals surface area contributed by atoms with Gasteiger partial charge in [-0.1, -0.05) is 0 Å². The Bertz CT molecular complexity index is 428. The fraction of sp³-hybridized carbons (Fsp3) is 0.857. The Kier molecular flexibility index (Phi) is 17.7. The Morgan fingerprint density at radius 1 is 1.04 bits per heavy atom. The van der Waals surface area contributed by atoms with E-state index < -0.39 is 33.7 Å². The first-order valence-electron chi connectivity index (χ1n) is 8.15. The van der Waals surface area contributed by atoms with Gasteiger partial charge in [0.05, 0.1) is 6.42 Å². The number of carboxylic acids is 2. The Morgan fingerprint density at radius 3 is 1.96 bits per heavy atom. The fourth-order valence-electron chi connectivity index (χ4n) is 1.71. The van der Waals surface area contributed by atoms with Gasteiger partial charge >= 0.3 is 107 Å². The van der Waals surface area contributed by atoms with Gasteiger partial charge in [-0.25, -0.2) is 0 Å². The summed E-state index contributed by atoms with van der Waals surface area (Å²) in [7, 11) is -4.84. The smallest absolute Gasteiger partial charge is 0.325 e. The van der Waals surface area contributed by atoms with Crippen molar-refractivity contribution >= 4 is 50.0 Å². The Labute approximate surface area is 161 Å². The standard InChI is InChI=1S/C10H21O.C4H6O7S.Na/c1-3-5-6-7-8-9-10-11-4-2;5-3(6)1-2(4(7)8)12(9,10)11;/h2-10H2,1H3;2H,1H2,(H,5,6)(H,7,8)(H,9,10,11);. The molecule has 0 heterocycles. The molecule has 0 aromatic rings. The van der Waals surface area contributed by atoms with E-state index in [2.05, 4.69) is 6.92 Å². The summed E-state index contributed by atoms with van der Waals surface area (Å²) in [6.07, 6.45) is 7.04. The number of unbranched alkanes of at least 4 members (excludes halogenated alkanes) is 5. The van der Waals surface area contributed by atoms with Crippen LogP contribution in [0.4, 0.5) is 0 Å². The van der Waals surface area contributed by atoms with Gasteiger partial charge in [0, 0.05) is 0 Å². The molecule has 0 bridgehead atoms. The van der Waals surface area contributed by atoms with E-state index in [-0.39, 0.29) is 0 Å². The van der Waals surface area contributed by atoms with Gasteiger partial charge < -0.3 is 10.2 Å². The van der Waals surface area contributed by atoms with Crippen LogP contribution in [0.5, 0.6) is 0 Å². The first-order valence-corrected chi connectivity index (χ1v) is 11.1. The van der Waals surface area contributed by atoms with Gasteiger partial charge in [-0.15, -0.1) is 0 Å². The minimum Gasteiger partial charge on any atom is -0.481 e. The van der Waals surface area contributed by atoms with E-state index in [0.29, 0.717) is 0 Å². The molecule has 0 fully saturated rings. The Hall–Kier alpha value is -0.190. The van der Waals surface area contributed by atoms with Crippen LogP contribution < -0.4 is 0 Å². The maximum atomic E-state index is 10.2. The third-order valence-corrected chi connectivity index (χ3v) is 4.48. The number of hydrogen-bond donors (Lipinski definition) is 3. The van der Waals surface area contributed by atoms with Crippen LogP contribution in [0.1, 0.15) is 51.9 Å². The predicted octanol–water partition coefficient (Wildman–Crippen LogP) is 1.75. The number of ether oxygens (including phenoxy) is 1. The molecule has 0 amide bonds. The summed E-state index contributed by atoms with van der Waals surface area (Å²) in [4.78, 5) is 20.0. The molecule has 8 nitrogen and oxygen atoms in total. The van der Waals surface area contributed by atoms with Gasteiger partial charge in [-0.2, -0.15) is 8.42 Å². The van der Waals surface area contributed by atoms with Crippen LogP contribution >= 0.6 is 0 Å². The molecule has 0 aromatic carbocycles. The van der Waals surface area contributed by atoms with E-state index in [4.69, 9.17) is 19.5 Å². The number of carboxylic acid groups (broad SMARTS) is 2. The minimum atomic E-state index is -4.84. The number of aliphatic carboxylic acids is 2. The van der Waals surface area contributed by atoms with Crippen molar-refractivity contribution in [1.82, 2.24) is 0 Å². The van der Waals surface area contributed by atoms with Crippen molar-refractivity contribution in [3.05, 3.63) is 0 Å². The van der Waals surface area contributed by atoms with Crippen molar-refractivity contribution in [2.45, 2.75) is 60.8 Å². The quantitative estimate of drug-likeness (QED) is 0.250. The molecule has 0 radical (unpaired) electrons. The number of rotatable bonds is 13. The fourth-order valence-corrected chi connectivity index (χ4v) is 2.61. The van der Waals surface area contributed by atoms with Crippen molar-refractivity contribution in [2.75, 3.05) is 13.2 Å². The van der Waals surface area contributed by atoms with Gasteiger partial charge in [0.1, 0.15) is 0 Å². The molecule has 0 aliphatic heterocycles. The van der Waals surface area contributed by atoms with Gasteiger partial charge in [0.25, 0.3) is 10.1 Å². The van der Waals surface area contributed by atoms with Gasteiger partial charge in [-0.3, -0.25) is 14.1 Å². The molecule has 0 aliphatic carbocycles. The van der Waals surface area contributed by atoms with E-state index >= 15 is 0 Å². The van der Waals surface area contributed by atoms with E-state index in [1.54, 1.807) is 0 Å². The van der Waals surface area contributed by atoms with E-state index in [9.17, 15) is 18.0 Å². The van der Waals surface area contributed by atoms with Crippen LogP contribution in [-0.4, -0.2) is 81.5 Å². The van der Waals surface area contributed by atoms with E-state index in [1.807, 2.05) is 0 Å². The van der Waals surface area contributed by atoms with Crippen LogP contribution in [0, 0.1) is 0 Å². The van der Waals surface area contributed by atoms with Crippen molar-refractivity contribution in [3.63, 3.8) is 0 Å². The topological polar surface area (TPSA) is 138 Å². The summed E-state index contributed by atoms with van der Waals surface area (Å²) >= 11 is 1.28. The molecule has 1 atom stereocenters. The summed E-state index contributed by atoms with van der Waals surface area (Å²) in [5.74, 6) is -3.50. The van der Waals surface area contributed by atoms with E-state index in [1.165, 1.54) is 70.1 Å². The molecule has 138 valence electrons.